The minimum Gasteiger partial charge on any atom is -0.310 e. The van der Waals surface area contributed by atoms with Crippen LogP contribution < -0.4 is 25.6 Å². The van der Waals surface area contributed by atoms with Crippen molar-refractivity contribution in [2.75, 3.05) is 4.90 Å². The Balaban J connectivity index is 0.835. The van der Waals surface area contributed by atoms with Crippen LogP contribution in [0.4, 0.5) is 17.1 Å². The Labute approximate surface area is 442 Å². The molecule has 0 atom stereocenters. The van der Waals surface area contributed by atoms with Gasteiger partial charge in [0, 0.05) is 55.1 Å². The van der Waals surface area contributed by atoms with Crippen LogP contribution >= 0.6 is 0 Å². The molecule has 0 amide bonds. The van der Waals surface area contributed by atoms with Crippen LogP contribution in [0.5, 0.6) is 0 Å². The number of hydrogen-bond donors (Lipinski definition) is 0. The van der Waals surface area contributed by atoms with E-state index in [-0.39, 0.29) is 0 Å². The number of para-hydroxylation sites is 4. The van der Waals surface area contributed by atoms with Crippen LogP contribution in [0.3, 0.4) is 0 Å². The lowest BCUT2D eigenvalue weighted by molar-refractivity contribution is 1.18. The maximum Gasteiger partial charge on any atom is 0.179 e. The zero-order chi connectivity index (χ0) is 50.2. The van der Waals surface area contributed by atoms with Gasteiger partial charge in [-0.3, -0.25) is 0 Å². The Hall–Kier alpha value is -9.74. The highest BCUT2D eigenvalue weighted by Crippen LogP contribution is 2.44. The van der Waals surface area contributed by atoms with E-state index in [1.807, 2.05) is 0 Å². The number of rotatable bonds is 10. The minimum atomic E-state index is -2.65. The minimum absolute atomic E-state index is 1.09. The van der Waals surface area contributed by atoms with Crippen LogP contribution in [0.25, 0.3) is 87.8 Å². The highest BCUT2D eigenvalue weighted by Gasteiger charge is 2.41. The third-order valence-electron chi connectivity index (χ3n) is 16.0. The molecule has 0 aliphatic heterocycles. The van der Waals surface area contributed by atoms with E-state index in [1.165, 1.54) is 103 Å². The van der Waals surface area contributed by atoms with Gasteiger partial charge in [0.2, 0.25) is 0 Å². The summed E-state index contributed by atoms with van der Waals surface area (Å²) in [7, 11) is -2.65. The standard InChI is InChI=1S/C72H49N3Si/c1-5-18-54(19-6-1)74-68-30-15-14-27-63(68)66-48-53(38-46-70(66)74)52-34-41-56(42-35-52)73(57-43-47-71-67(49-57)65-29-17-28-64-62-26-13-16-31-69(62)75(71)72(64)65)55-39-32-50(33-40-55)51-36-44-61(45-37-51)76(58-20-7-2-8-21-58,59-22-9-3-10-23-59)60-24-11-4-12-25-60/h1-49H. The van der Waals surface area contributed by atoms with E-state index in [0.29, 0.717) is 0 Å². The third-order valence-corrected chi connectivity index (χ3v) is 20.8. The molecule has 12 aromatic carbocycles. The van der Waals surface area contributed by atoms with E-state index >= 15 is 0 Å². The summed E-state index contributed by atoms with van der Waals surface area (Å²) in [5.74, 6) is 0. The zero-order valence-corrected chi connectivity index (χ0v) is 42.6. The van der Waals surface area contributed by atoms with Crippen molar-refractivity contribution >= 4 is 106 Å². The molecule has 15 aromatic rings. The summed E-state index contributed by atoms with van der Waals surface area (Å²) < 4.78 is 4.83. The van der Waals surface area contributed by atoms with Crippen molar-refractivity contribution < 1.29 is 0 Å². The lowest BCUT2D eigenvalue weighted by Crippen LogP contribution is -2.74. The van der Waals surface area contributed by atoms with Crippen molar-refractivity contribution in [3.63, 3.8) is 0 Å². The number of aromatic nitrogens is 2. The third kappa shape index (κ3) is 6.81. The van der Waals surface area contributed by atoms with E-state index in [0.717, 1.165) is 22.7 Å². The molecule has 0 aliphatic carbocycles. The van der Waals surface area contributed by atoms with Crippen LogP contribution in [-0.2, 0) is 0 Å². The average Bonchev–Trinajstić information content (AvgIpc) is 4.25. The van der Waals surface area contributed by atoms with Crippen LogP contribution in [0.2, 0.25) is 0 Å². The fourth-order valence-corrected chi connectivity index (χ4v) is 17.3. The summed E-state index contributed by atoms with van der Waals surface area (Å²) >= 11 is 0. The fraction of sp³-hybridized carbons (Fsp3) is 0. The molecule has 0 aliphatic rings. The molecule has 0 N–H and O–H groups in total. The van der Waals surface area contributed by atoms with Gasteiger partial charge in [-0.2, -0.15) is 0 Å². The Kier molecular flexibility index (Phi) is 10.2. The summed E-state index contributed by atoms with van der Waals surface area (Å²) in [5.41, 5.74) is 15.3. The molecular weight excluding hydrogens is 935 g/mol. The lowest BCUT2D eigenvalue weighted by Gasteiger charge is -2.34. The summed E-state index contributed by atoms with van der Waals surface area (Å²) in [5, 5.41) is 13.1. The number of benzene rings is 12. The largest absolute Gasteiger partial charge is 0.310 e. The van der Waals surface area contributed by atoms with Gasteiger partial charge in [-0.15, -0.1) is 0 Å². The molecule has 3 aromatic heterocycles. The van der Waals surface area contributed by atoms with Crippen LogP contribution in [0, 0.1) is 0 Å². The fourth-order valence-electron chi connectivity index (χ4n) is 12.6. The molecule has 4 heteroatoms. The first-order valence-electron chi connectivity index (χ1n) is 26.2. The normalized spacial score (nSPS) is 11.9. The first-order chi connectivity index (χ1) is 37.7. The number of nitrogens with zero attached hydrogens (tertiary/aromatic N) is 3. The van der Waals surface area contributed by atoms with E-state index in [4.69, 9.17) is 0 Å². The predicted molar refractivity (Wildman–Crippen MR) is 325 cm³/mol. The topological polar surface area (TPSA) is 12.6 Å². The van der Waals surface area contributed by atoms with Crippen molar-refractivity contribution in [3.05, 3.63) is 297 Å². The van der Waals surface area contributed by atoms with E-state index in [2.05, 4.69) is 311 Å². The smallest absolute Gasteiger partial charge is 0.179 e. The Morgan fingerprint density at radius 3 is 1.22 bits per heavy atom. The molecule has 0 unspecified atom stereocenters. The maximum atomic E-state index is 2.46. The van der Waals surface area contributed by atoms with Crippen molar-refractivity contribution in [2.45, 2.75) is 0 Å². The van der Waals surface area contributed by atoms with Gasteiger partial charge in [0.1, 0.15) is 0 Å². The second-order valence-electron chi connectivity index (χ2n) is 20.0. The van der Waals surface area contributed by atoms with Gasteiger partial charge in [-0.05, 0) is 122 Å². The predicted octanol–water partition coefficient (Wildman–Crippen LogP) is 16.1. The Morgan fingerprint density at radius 2 is 0.632 bits per heavy atom. The molecular formula is C72H49N3Si. The molecule has 0 fully saturated rings. The van der Waals surface area contributed by atoms with E-state index in [9.17, 15) is 0 Å². The molecule has 0 radical (unpaired) electrons. The number of anilines is 3. The van der Waals surface area contributed by atoms with Gasteiger partial charge in [-0.25, -0.2) is 0 Å². The van der Waals surface area contributed by atoms with Gasteiger partial charge >= 0.3 is 0 Å². The van der Waals surface area contributed by atoms with Crippen LogP contribution in [0.15, 0.2) is 297 Å². The van der Waals surface area contributed by atoms with Gasteiger partial charge in [0.25, 0.3) is 0 Å². The summed E-state index contributed by atoms with van der Waals surface area (Å²) in [6.07, 6.45) is 0. The van der Waals surface area contributed by atoms with E-state index in [1.54, 1.807) is 0 Å². The van der Waals surface area contributed by atoms with Crippen molar-refractivity contribution in [1.82, 2.24) is 8.97 Å². The second kappa shape index (κ2) is 17.7. The zero-order valence-electron chi connectivity index (χ0n) is 41.6. The molecule has 0 saturated heterocycles. The summed E-state index contributed by atoms with van der Waals surface area (Å²) in [6.45, 7) is 0. The van der Waals surface area contributed by atoms with Crippen molar-refractivity contribution in [3.8, 4) is 27.9 Å². The molecule has 0 saturated carbocycles. The lowest BCUT2D eigenvalue weighted by atomic mass is 10.0. The number of fused-ring (bicyclic) bond motifs is 9. The average molecular weight is 984 g/mol. The Bertz CT molecular complexity index is 4490. The first kappa shape index (κ1) is 43.8. The van der Waals surface area contributed by atoms with Gasteiger partial charge in [0.15, 0.2) is 8.07 Å². The quantitative estimate of drug-likeness (QED) is 0.0983. The highest BCUT2D eigenvalue weighted by molar-refractivity contribution is 7.19. The van der Waals surface area contributed by atoms with Crippen molar-refractivity contribution in [2.24, 2.45) is 0 Å². The van der Waals surface area contributed by atoms with E-state index < -0.39 is 8.07 Å². The molecule has 3 heterocycles. The monoisotopic (exact) mass is 983 g/mol. The summed E-state index contributed by atoms with van der Waals surface area (Å²) in [6, 6.07) is 110. The maximum absolute atomic E-state index is 2.65. The van der Waals surface area contributed by atoms with Gasteiger partial charge in [-0.1, -0.05) is 218 Å². The van der Waals surface area contributed by atoms with Crippen LogP contribution in [-0.4, -0.2) is 17.0 Å². The second-order valence-corrected chi connectivity index (χ2v) is 23.8. The number of hydrogen-bond acceptors (Lipinski definition) is 1. The van der Waals surface area contributed by atoms with Crippen LogP contribution in [0.1, 0.15) is 0 Å². The molecule has 76 heavy (non-hydrogen) atoms. The molecule has 15 rings (SSSR count). The van der Waals surface area contributed by atoms with Gasteiger partial charge in [0.05, 0.1) is 27.6 Å². The SMILES string of the molecule is c1ccc(-n2c3ccccc3c3cc(-c4ccc(N(c5ccc(-c6ccc([Si](c7ccccc7)(c7ccccc7)c7ccccc7)cc6)cc5)c5ccc6c(c5)c5cccc7c8ccccc8n6c75)cc4)ccc32)cc1. The molecule has 0 spiro atoms. The van der Waals surface area contributed by atoms with Gasteiger partial charge < -0.3 is 13.9 Å². The molecule has 3 nitrogen and oxygen atoms in total. The van der Waals surface area contributed by atoms with Crippen molar-refractivity contribution in [1.29, 1.82) is 0 Å². The summed E-state index contributed by atoms with van der Waals surface area (Å²) in [4.78, 5) is 2.42. The highest BCUT2D eigenvalue weighted by atomic mass is 28.3. The first-order valence-corrected chi connectivity index (χ1v) is 28.2. The Morgan fingerprint density at radius 1 is 0.250 bits per heavy atom. The molecule has 356 valence electrons. The molecule has 0 bridgehead atoms.